The van der Waals surface area contributed by atoms with Gasteiger partial charge in [-0.05, 0) is 50.6 Å². The van der Waals surface area contributed by atoms with Crippen molar-refractivity contribution in [2.24, 2.45) is 0 Å². The molecule has 0 radical (unpaired) electrons. The number of hydrazine groups is 1. The minimum atomic E-state index is 0.572. The van der Waals surface area contributed by atoms with Crippen LogP contribution >= 0.6 is 15.9 Å². The molecule has 0 spiro atoms. The predicted octanol–water partition coefficient (Wildman–Crippen LogP) is 3.70. The molecule has 0 heterocycles. The molecule has 3 N–H and O–H groups in total. The lowest BCUT2D eigenvalue weighted by Gasteiger charge is -2.12. The molecule has 1 aromatic rings. The summed E-state index contributed by atoms with van der Waals surface area (Å²) in [7, 11) is 0. The fourth-order valence-electron chi connectivity index (χ4n) is 1.07. The average Bonchev–Trinajstić information content (AvgIpc) is 2.26. The summed E-state index contributed by atoms with van der Waals surface area (Å²) in [5.74, 6) is 0. The van der Waals surface area contributed by atoms with Crippen LogP contribution in [0, 0.1) is 5.41 Å². The molecule has 0 aromatic heterocycles. The zero-order valence-electron chi connectivity index (χ0n) is 9.69. The molecule has 0 aliphatic carbocycles. The standard InChI is InChI=1S/C12H16BrN3/c1-8(9(2)14)10(3)15-16-12-6-4-11(13)5-7-12/h4-7,14-16H,1-3H3. The molecule has 1 rings (SSSR count). The average molecular weight is 282 g/mol. The van der Waals surface area contributed by atoms with E-state index in [1.165, 1.54) is 0 Å². The summed E-state index contributed by atoms with van der Waals surface area (Å²) in [6.45, 7) is 5.65. The molecule has 86 valence electrons. The number of hydrogen-bond donors (Lipinski definition) is 3. The van der Waals surface area contributed by atoms with Gasteiger partial charge < -0.3 is 16.3 Å². The molecule has 3 nitrogen and oxygen atoms in total. The first-order valence-corrected chi connectivity index (χ1v) is 5.80. The smallest absolute Gasteiger partial charge is 0.0540 e. The third kappa shape index (κ3) is 3.70. The molecule has 4 heteroatoms. The molecule has 0 saturated heterocycles. The van der Waals surface area contributed by atoms with E-state index in [0.29, 0.717) is 5.71 Å². The molecular weight excluding hydrogens is 266 g/mol. The normalized spacial score (nSPS) is 11.8. The van der Waals surface area contributed by atoms with Gasteiger partial charge in [-0.3, -0.25) is 0 Å². The van der Waals surface area contributed by atoms with Crippen LogP contribution in [-0.2, 0) is 0 Å². The number of allylic oxidation sites excluding steroid dienone is 2. The molecule has 0 fully saturated rings. The maximum absolute atomic E-state index is 7.51. The lowest BCUT2D eigenvalue weighted by molar-refractivity contribution is 0.946. The number of anilines is 1. The number of nitrogens with one attached hydrogen (secondary N) is 3. The van der Waals surface area contributed by atoms with E-state index in [4.69, 9.17) is 5.41 Å². The first-order chi connectivity index (χ1) is 7.50. The maximum atomic E-state index is 7.51. The number of benzene rings is 1. The molecule has 0 amide bonds. The van der Waals surface area contributed by atoms with Crippen molar-refractivity contribution in [1.82, 2.24) is 5.43 Å². The van der Waals surface area contributed by atoms with Gasteiger partial charge in [0.05, 0.1) is 5.69 Å². The van der Waals surface area contributed by atoms with Gasteiger partial charge in [0.1, 0.15) is 0 Å². The van der Waals surface area contributed by atoms with Crippen LogP contribution in [0.2, 0.25) is 0 Å². The molecule has 1 aromatic carbocycles. The monoisotopic (exact) mass is 281 g/mol. The van der Waals surface area contributed by atoms with Gasteiger partial charge in [0.15, 0.2) is 0 Å². The number of hydrogen-bond acceptors (Lipinski definition) is 3. The molecule has 0 unspecified atom stereocenters. The minimum Gasteiger partial charge on any atom is -0.305 e. The van der Waals surface area contributed by atoms with Crippen LogP contribution in [0.15, 0.2) is 40.0 Å². The second-order valence-electron chi connectivity index (χ2n) is 3.63. The summed E-state index contributed by atoms with van der Waals surface area (Å²) in [6.07, 6.45) is 0. The Morgan fingerprint density at radius 2 is 1.69 bits per heavy atom. The highest BCUT2D eigenvalue weighted by atomic mass is 79.9. The number of rotatable bonds is 4. The van der Waals surface area contributed by atoms with E-state index in [2.05, 4.69) is 26.8 Å². The molecular formula is C12H16BrN3. The van der Waals surface area contributed by atoms with Crippen molar-refractivity contribution in [3.8, 4) is 0 Å². The van der Waals surface area contributed by atoms with Crippen molar-refractivity contribution in [2.75, 3.05) is 5.43 Å². The van der Waals surface area contributed by atoms with Crippen molar-refractivity contribution in [2.45, 2.75) is 20.8 Å². The summed E-state index contributed by atoms with van der Waals surface area (Å²) in [5, 5.41) is 7.51. The van der Waals surface area contributed by atoms with Crippen LogP contribution < -0.4 is 10.9 Å². The molecule has 0 aliphatic heterocycles. The van der Waals surface area contributed by atoms with E-state index in [1.807, 2.05) is 38.1 Å². The fraction of sp³-hybridized carbons (Fsp3) is 0.250. The molecule has 0 saturated carbocycles. The molecule has 16 heavy (non-hydrogen) atoms. The maximum Gasteiger partial charge on any atom is 0.0540 e. The molecule has 0 bridgehead atoms. The van der Waals surface area contributed by atoms with Crippen molar-refractivity contribution < 1.29 is 0 Å². The Morgan fingerprint density at radius 3 is 2.19 bits per heavy atom. The highest BCUT2D eigenvalue weighted by Gasteiger charge is 1.98. The third-order valence-electron chi connectivity index (χ3n) is 2.36. The lowest BCUT2D eigenvalue weighted by Crippen LogP contribution is -2.21. The Balaban J connectivity index is 2.61. The van der Waals surface area contributed by atoms with Gasteiger partial charge in [-0.2, -0.15) is 0 Å². The van der Waals surface area contributed by atoms with Gasteiger partial charge >= 0.3 is 0 Å². The fourth-order valence-corrected chi connectivity index (χ4v) is 1.34. The number of halogens is 1. The first-order valence-electron chi connectivity index (χ1n) is 5.01. The van der Waals surface area contributed by atoms with Gasteiger partial charge in [0, 0.05) is 15.9 Å². The van der Waals surface area contributed by atoms with Gasteiger partial charge in [0.2, 0.25) is 0 Å². The summed E-state index contributed by atoms with van der Waals surface area (Å²) in [5.41, 5.74) is 9.61. The Hall–Kier alpha value is -1.29. The summed E-state index contributed by atoms with van der Waals surface area (Å²) < 4.78 is 1.05. The zero-order chi connectivity index (χ0) is 12.1. The van der Waals surface area contributed by atoms with Crippen molar-refractivity contribution in [3.63, 3.8) is 0 Å². The van der Waals surface area contributed by atoms with E-state index < -0.39 is 0 Å². The van der Waals surface area contributed by atoms with Crippen LogP contribution in [0.5, 0.6) is 0 Å². The zero-order valence-corrected chi connectivity index (χ0v) is 11.3. The van der Waals surface area contributed by atoms with E-state index in [9.17, 15) is 0 Å². The Morgan fingerprint density at radius 1 is 1.12 bits per heavy atom. The van der Waals surface area contributed by atoms with E-state index in [0.717, 1.165) is 21.4 Å². The summed E-state index contributed by atoms with van der Waals surface area (Å²) in [4.78, 5) is 0. The summed E-state index contributed by atoms with van der Waals surface area (Å²) >= 11 is 3.38. The highest BCUT2D eigenvalue weighted by molar-refractivity contribution is 9.10. The topological polar surface area (TPSA) is 47.9 Å². The van der Waals surface area contributed by atoms with Gasteiger partial charge in [-0.25, -0.2) is 0 Å². The summed E-state index contributed by atoms with van der Waals surface area (Å²) in [6, 6.07) is 7.88. The largest absolute Gasteiger partial charge is 0.305 e. The Kier molecular flexibility index (Phi) is 4.55. The van der Waals surface area contributed by atoms with Crippen molar-refractivity contribution in [3.05, 3.63) is 40.0 Å². The van der Waals surface area contributed by atoms with E-state index >= 15 is 0 Å². The predicted molar refractivity (Wildman–Crippen MR) is 72.7 cm³/mol. The van der Waals surface area contributed by atoms with E-state index in [1.54, 1.807) is 6.92 Å². The van der Waals surface area contributed by atoms with Gasteiger partial charge in [0.25, 0.3) is 0 Å². The second kappa shape index (κ2) is 5.70. The molecule has 0 atom stereocenters. The quantitative estimate of drug-likeness (QED) is 0.582. The SMILES string of the molecule is CC(=N)C(C)=C(C)NNc1ccc(Br)cc1. The van der Waals surface area contributed by atoms with Gasteiger partial charge in [-0.15, -0.1) is 0 Å². The lowest BCUT2D eigenvalue weighted by atomic mass is 10.2. The van der Waals surface area contributed by atoms with Crippen molar-refractivity contribution in [1.29, 1.82) is 5.41 Å². The minimum absolute atomic E-state index is 0.572. The highest BCUT2D eigenvalue weighted by Crippen LogP contribution is 2.13. The van der Waals surface area contributed by atoms with Crippen molar-refractivity contribution >= 4 is 27.3 Å². The van der Waals surface area contributed by atoms with Crippen LogP contribution in [0.25, 0.3) is 0 Å². The first kappa shape index (κ1) is 12.8. The van der Waals surface area contributed by atoms with Crippen LogP contribution in [0.1, 0.15) is 20.8 Å². The second-order valence-corrected chi connectivity index (χ2v) is 4.55. The third-order valence-corrected chi connectivity index (χ3v) is 2.89. The van der Waals surface area contributed by atoms with Crippen LogP contribution in [0.4, 0.5) is 5.69 Å². The van der Waals surface area contributed by atoms with Crippen LogP contribution in [0.3, 0.4) is 0 Å². The molecule has 0 aliphatic rings. The Labute approximate surface area is 105 Å². The van der Waals surface area contributed by atoms with Gasteiger partial charge in [-0.1, -0.05) is 15.9 Å². The Bertz CT molecular complexity index is 407. The van der Waals surface area contributed by atoms with Crippen LogP contribution in [-0.4, -0.2) is 5.71 Å². The van der Waals surface area contributed by atoms with E-state index in [-0.39, 0.29) is 0 Å².